The Morgan fingerprint density at radius 1 is 1.42 bits per heavy atom. The Morgan fingerprint density at radius 3 is 2.92 bits per heavy atom. The molecule has 3 rings (SSSR count). The first-order valence-corrected chi connectivity index (χ1v) is 8.45. The molecule has 0 spiro atoms. The van der Waals surface area contributed by atoms with E-state index in [0.717, 1.165) is 37.2 Å². The Kier molecular flexibility index (Phi) is 5.15. The molecule has 0 aliphatic carbocycles. The maximum absolute atomic E-state index is 12.3. The number of nitrogens with one attached hydrogen (secondary N) is 1. The van der Waals surface area contributed by atoms with Gasteiger partial charge in [0.25, 0.3) is 0 Å². The Hall–Kier alpha value is -2.34. The van der Waals surface area contributed by atoms with Crippen LogP contribution in [-0.2, 0) is 11.8 Å². The fourth-order valence-corrected chi connectivity index (χ4v) is 3.21. The van der Waals surface area contributed by atoms with Gasteiger partial charge < -0.3 is 16.0 Å². The van der Waals surface area contributed by atoms with Gasteiger partial charge in [-0.05, 0) is 18.4 Å². The first-order chi connectivity index (χ1) is 11.6. The predicted molar refractivity (Wildman–Crippen MR) is 94.6 cm³/mol. The molecule has 2 atom stereocenters. The van der Waals surface area contributed by atoms with E-state index >= 15 is 0 Å². The van der Waals surface area contributed by atoms with Gasteiger partial charge in [0.1, 0.15) is 0 Å². The molecule has 0 saturated carbocycles. The molecular weight excluding hydrogens is 302 g/mol. The minimum Gasteiger partial charge on any atom is -0.367 e. The molecule has 3 N–H and O–H groups in total. The molecule has 1 aromatic carbocycles. The van der Waals surface area contributed by atoms with E-state index in [-0.39, 0.29) is 18.0 Å². The van der Waals surface area contributed by atoms with Gasteiger partial charge in [-0.3, -0.25) is 9.48 Å². The molecule has 24 heavy (non-hydrogen) atoms. The third kappa shape index (κ3) is 4.14. The van der Waals surface area contributed by atoms with Crippen LogP contribution >= 0.6 is 0 Å². The topological polar surface area (TPSA) is 76.2 Å². The largest absolute Gasteiger partial charge is 0.367 e. The quantitative estimate of drug-likeness (QED) is 0.874. The van der Waals surface area contributed by atoms with Crippen molar-refractivity contribution in [1.29, 1.82) is 0 Å². The lowest BCUT2D eigenvalue weighted by Crippen LogP contribution is -2.48. The molecule has 6 heteroatoms. The summed E-state index contributed by atoms with van der Waals surface area (Å²) in [5.74, 6) is 0.0180. The summed E-state index contributed by atoms with van der Waals surface area (Å²) in [7, 11) is 1.91. The molecule has 128 valence electrons. The van der Waals surface area contributed by atoms with E-state index in [2.05, 4.69) is 15.3 Å². The summed E-state index contributed by atoms with van der Waals surface area (Å²) < 4.78 is 1.80. The van der Waals surface area contributed by atoms with Crippen LogP contribution in [0.4, 0.5) is 5.69 Å². The second kappa shape index (κ2) is 7.49. The molecule has 2 heterocycles. The molecule has 1 aromatic heterocycles. The first-order valence-electron chi connectivity index (χ1n) is 8.45. The molecule has 1 saturated heterocycles. The van der Waals surface area contributed by atoms with Crippen LogP contribution in [0.5, 0.6) is 0 Å². The molecule has 6 nitrogen and oxygen atoms in total. The molecular formula is C18H25N5O. The fraction of sp³-hybridized carbons (Fsp3) is 0.444. The van der Waals surface area contributed by atoms with Crippen LogP contribution in [0, 0.1) is 0 Å². The van der Waals surface area contributed by atoms with Crippen molar-refractivity contribution in [1.82, 2.24) is 15.1 Å². The van der Waals surface area contributed by atoms with Crippen LogP contribution in [0.3, 0.4) is 0 Å². The van der Waals surface area contributed by atoms with E-state index in [1.54, 1.807) is 4.68 Å². The van der Waals surface area contributed by atoms with Crippen LogP contribution in [0.25, 0.3) is 0 Å². The van der Waals surface area contributed by atoms with Crippen molar-refractivity contribution >= 4 is 11.6 Å². The lowest BCUT2D eigenvalue weighted by molar-refractivity contribution is -0.122. The van der Waals surface area contributed by atoms with Gasteiger partial charge in [0.15, 0.2) is 0 Å². The second-order valence-electron chi connectivity index (χ2n) is 6.45. The molecule has 1 amide bonds. The van der Waals surface area contributed by atoms with Crippen molar-refractivity contribution in [3.05, 3.63) is 48.3 Å². The number of hydrogen-bond donors (Lipinski definition) is 2. The molecule has 2 unspecified atom stereocenters. The highest BCUT2D eigenvalue weighted by molar-refractivity contribution is 5.77. The van der Waals surface area contributed by atoms with E-state index in [0.29, 0.717) is 6.42 Å². The van der Waals surface area contributed by atoms with Gasteiger partial charge in [-0.2, -0.15) is 5.10 Å². The van der Waals surface area contributed by atoms with Crippen LogP contribution in [0.15, 0.2) is 42.7 Å². The van der Waals surface area contributed by atoms with Crippen LogP contribution in [-0.4, -0.2) is 34.8 Å². The molecule has 0 radical (unpaired) electrons. The van der Waals surface area contributed by atoms with E-state index in [1.165, 1.54) is 0 Å². The van der Waals surface area contributed by atoms with Gasteiger partial charge in [-0.1, -0.05) is 30.3 Å². The zero-order chi connectivity index (χ0) is 16.9. The number of piperidine rings is 1. The number of hydrogen-bond acceptors (Lipinski definition) is 4. The number of anilines is 1. The van der Waals surface area contributed by atoms with Crippen molar-refractivity contribution < 1.29 is 4.79 Å². The van der Waals surface area contributed by atoms with Crippen molar-refractivity contribution in [2.75, 3.05) is 18.0 Å². The molecule has 1 aliphatic rings. The molecule has 0 bridgehead atoms. The molecule has 2 aromatic rings. The Labute approximate surface area is 142 Å². The zero-order valence-corrected chi connectivity index (χ0v) is 14.1. The highest BCUT2D eigenvalue weighted by Gasteiger charge is 2.23. The lowest BCUT2D eigenvalue weighted by atomic mass is 10.0. The fourth-order valence-electron chi connectivity index (χ4n) is 3.21. The van der Waals surface area contributed by atoms with Crippen molar-refractivity contribution in [2.24, 2.45) is 12.8 Å². The van der Waals surface area contributed by atoms with Crippen molar-refractivity contribution in [3.63, 3.8) is 0 Å². The Morgan fingerprint density at radius 2 is 2.21 bits per heavy atom. The average molecular weight is 327 g/mol. The predicted octanol–water partition coefficient (Wildman–Crippen LogP) is 1.60. The highest BCUT2D eigenvalue weighted by atomic mass is 16.1. The van der Waals surface area contributed by atoms with Crippen molar-refractivity contribution in [2.45, 2.75) is 31.3 Å². The molecule has 1 fully saturated rings. The summed E-state index contributed by atoms with van der Waals surface area (Å²) in [6.07, 6.45) is 6.26. The Bertz CT molecular complexity index is 669. The number of nitrogens with zero attached hydrogens (tertiary/aromatic N) is 3. The maximum Gasteiger partial charge on any atom is 0.222 e. The SMILES string of the molecule is Cn1cc(N2CCCC(NC(=O)CC(N)c3ccccc3)C2)cn1. The lowest BCUT2D eigenvalue weighted by Gasteiger charge is -2.34. The van der Waals surface area contributed by atoms with Gasteiger partial charge in [-0.25, -0.2) is 0 Å². The number of benzene rings is 1. The number of aromatic nitrogens is 2. The van der Waals surface area contributed by atoms with E-state index in [9.17, 15) is 4.79 Å². The number of rotatable bonds is 5. The average Bonchev–Trinajstić information content (AvgIpc) is 3.02. The van der Waals surface area contributed by atoms with Gasteiger partial charge >= 0.3 is 0 Å². The summed E-state index contributed by atoms with van der Waals surface area (Å²) >= 11 is 0. The van der Waals surface area contributed by atoms with Crippen molar-refractivity contribution in [3.8, 4) is 0 Å². The third-order valence-electron chi connectivity index (χ3n) is 4.48. The van der Waals surface area contributed by atoms with Gasteiger partial charge in [0.05, 0.1) is 11.9 Å². The van der Waals surface area contributed by atoms with Crippen LogP contribution in [0.1, 0.15) is 30.9 Å². The standard InChI is InChI=1S/C18H25N5O/c1-22-13-16(11-20-22)23-9-5-8-15(12-23)21-18(24)10-17(19)14-6-3-2-4-7-14/h2-4,6-7,11,13,15,17H,5,8-10,12,19H2,1H3,(H,21,24). The van der Waals surface area contributed by atoms with Crippen LogP contribution in [0.2, 0.25) is 0 Å². The van der Waals surface area contributed by atoms with Gasteiger partial charge in [0, 0.05) is 44.8 Å². The maximum atomic E-state index is 12.3. The summed E-state index contributed by atoms with van der Waals surface area (Å²) in [6.45, 7) is 1.82. The zero-order valence-electron chi connectivity index (χ0n) is 14.1. The smallest absolute Gasteiger partial charge is 0.222 e. The first kappa shape index (κ1) is 16.5. The van der Waals surface area contributed by atoms with Gasteiger partial charge in [0.2, 0.25) is 5.91 Å². The number of carbonyl (C=O) groups excluding carboxylic acids is 1. The Balaban J connectivity index is 1.52. The van der Waals surface area contributed by atoms with E-state index in [4.69, 9.17) is 5.73 Å². The normalized spacial score (nSPS) is 19.1. The number of carbonyl (C=O) groups is 1. The summed E-state index contributed by atoms with van der Waals surface area (Å²) in [5.41, 5.74) is 8.24. The second-order valence-corrected chi connectivity index (χ2v) is 6.45. The number of aryl methyl sites for hydroxylation is 1. The minimum absolute atomic E-state index is 0.0180. The summed E-state index contributed by atoms with van der Waals surface area (Å²) in [6, 6.07) is 9.66. The van der Waals surface area contributed by atoms with Crippen LogP contribution < -0.4 is 16.0 Å². The number of amides is 1. The van der Waals surface area contributed by atoms with E-state index < -0.39 is 0 Å². The highest BCUT2D eigenvalue weighted by Crippen LogP contribution is 2.19. The molecule has 1 aliphatic heterocycles. The number of nitrogens with two attached hydrogens (primary N) is 1. The summed E-state index contributed by atoms with van der Waals surface area (Å²) in [5, 5.41) is 7.36. The summed E-state index contributed by atoms with van der Waals surface area (Å²) in [4.78, 5) is 14.6. The van der Waals surface area contributed by atoms with E-state index in [1.807, 2.05) is 49.8 Å². The monoisotopic (exact) mass is 327 g/mol. The van der Waals surface area contributed by atoms with Gasteiger partial charge in [-0.15, -0.1) is 0 Å². The third-order valence-corrected chi connectivity index (χ3v) is 4.48. The minimum atomic E-state index is -0.260.